The van der Waals surface area contributed by atoms with Gasteiger partial charge in [-0.15, -0.1) is 12.3 Å². The molecular weight excluding hydrogens is 148 g/mol. The number of unbranched alkanes of at least 4 members (excludes halogenated alkanes) is 2. The van der Waals surface area contributed by atoms with Gasteiger partial charge in [0, 0.05) is 18.3 Å². The van der Waals surface area contributed by atoms with Crippen LogP contribution in [0.25, 0.3) is 0 Å². The third-order valence-electron chi connectivity index (χ3n) is 1.81. The van der Waals surface area contributed by atoms with E-state index in [1.165, 1.54) is 0 Å². The second-order valence-electron chi connectivity index (χ2n) is 4.08. The van der Waals surface area contributed by atoms with Crippen LogP contribution in [0.5, 0.6) is 0 Å². The molecule has 0 saturated heterocycles. The van der Waals surface area contributed by atoms with Crippen molar-refractivity contribution in [1.29, 1.82) is 0 Å². The second kappa shape index (κ2) is 4.98. The average Bonchev–Trinajstić information content (AvgIpc) is 1.96. The number of rotatable bonds is 4. The number of carbonyl (C=O) groups is 1. The molecule has 0 bridgehead atoms. The quantitative estimate of drug-likeness (QED) is 0.463. The molecule has 68 valence electrons. The Morgan fingerprint density at radius 3 is 2.33 bits per heavy atom. The van der Waals surface area contributed by atoms with Gasteiger partial charge in [0.25, 0.3) is 0 Å². The zero-order valence-corrected chi connectivity index (χ0v) is 8.31. The summed E-state index contributed by atoms with van der Waals surface area (Å²) in [6.45, 7) is 5.86. The van der Waals surface area contributed by atoms with Crippen LogP contribution in [0.1, 0.15) is 46.5 Å². The van der Waals surface area contributed by atoms with Crippen molar-refractivity contribution in [2.45, 2.75) is 46.5 Å². The van der Waals surface area contributed by atoms with E-state index in [4.69, 9.17) is 6.42 Å². The molecule has 0 spiro atoms. The van der Waals surface area contributed by atoms with Gasteiger partial charge in [0.15, 0.2) is 0 Å². The molecule has 1 nitrogen and oxygen atoms in total. The van der Waals surface area contributed by atoms with Crippen LogP contribution in [0.4, 0.5) is 0 Å². The Kier molecular flexibility index (Phi) is 4.66. The van der Waals surface area contributed by atoms with Crippen molar-refractivity contribution in [1.82, 2.24) is 0 Å². The summed E-state index contributed by atoms with van der Waals surface area (Å²) in [4.78, 5) is 11.4. The molecule has 0 aliphatic rings. The lowest BCUT2D eigenvalue weighted by Gasteiger charge is -2.15. The maximum Gasteiger partial charge on any atom is 0.138 e. The first kappa shape index (κ1) is 11.2. The van der Waals surface area contributed by atoms with E-state index in [2.05, 4.69) is 5.92 Å². The molecule has 0 aromatic rings. The highest BCUT2D eigenvalue weighted by atomic mass is 16.1. The van der Waals surface area contributed by atoms with Gasteiger partial charge < -0.3 is 0 Å². The lowest BCUT2D eigenvalue weighted by Crippen LogP contribution is -2.19. The Hall–Kier alpha value is -0.770. The fraction of sp³-hybridized carbons (Fsp3) is 0.727. The van der Waals surface area contributed by atoms with Crippen LogP contribution >= 0.6 is 0 Å². The molecule has 0 aromatic heterocycles. The van der Waals surface area contributed by atoms with Gasteiger partial charge in [-0.25, -0.2) is 0 Å². The molecule has 0 heterocycles. The van der Waals surface area contributed by atoms with E-state index < -0.39 is 0 Å². The van der Waals surface area contributed by atoms with Crippen LogP contribution in [0.2, 0.25) is 0 Å². The molecule has 0 aliphatic carbocycles. The monoisotopic (exact) mass is 166 g/mol. The summed E-state index contributed by atoms with van der Waals surface area (Å²) in [6, 6.07) is 0. The third kappa shape index (κ3) is 4.96. The Morgan fingerprint density at radius 2 is 1.92 bits per heavy atom. The molecule has 0 atom stereocenters. The van der Waals surface area contributed by atoms with E-state index >= 15 is 0 Å². The number of carbonyl (C=O) groups excluding carboxylic acids is 1. The summed E-state index contributed by atoms with van der Waals surface area (Å²) < 4.78 is 0. The smallest absolute Gasteiger partial charge is 0.138 e. The SMILES string of the molecule is C#CCCCCC(=O)C(C)(C)C. The minimum absolute atomic E-state index is 0.184. The molecule has 0 unspecified atom stereocenters. The molecule has 0 fully saturated rings. The maximum atomic E-state index is 11.4. The lowest BCUT2D eigenvalue weighted by molar-refractivity contribution is -0.126. The van der Waals surface area contributed by atoms with Gasteiger partial charge in [-0.05, 0) is 12.8 Å². The molecule has 0 N–H and O–H groups in total. The van der Waals surface area contributed by atoms with Crippen LogP contribution in [0, 0.1) is 17.8 Å². The second-order valence-corrected chi connectivity index (χ2v) is 4.08. The first-order chi connectivity index (χ1) is 5.48. The normalized spacial score (nSPS) is 10.8. The van der Waals surface area contributed by atoms with Gasteiger partial charge in [-0.1, -0.05) is 20.8 Å². The average molecular weight is 166 g/mol. The van der Waals surface area contributed by atoms with Crippen molar-refractivity contribution in [3.63, 3.8) is 0 Å². The summed E-state index contributed by atoms with van der Waals surface area (Å²) in [5.74, 6) is 2.90. The molecular formula is C11H18O. The van der Waals surface area contributed by atoms with Gasteiger partial charge in [0.05, 0.1) is 0 Å². The van der Waals surface area contributed by atoms with E-state index in [0.717, 1.165) is 19.3 Å². The first-order valence-corrected chi connectivity index (χ1v) is 4.45. The van der Waals surface area contributed by atoms with E-state index in [1.54, 1.807) is 0 Å². The highest BCUT2D eigenvalue weighted by molar-refractivity contribution is 5.83. The fourth-order valence-corrected chi connectivity index (χ4v) is 0.888. The molecule has 0 radical (unpaired) electrons. The summed E-state index contributed by atoms with van der Waals surface area (Å²) >= 11 is 0. The van der Waals surface area contributed by atoms with E-state index in [9.17, 15) is 4.79 Å². The van der Waals surface area contributed by atoms with Crippen LogP contribution < -0.4 is 0 Å². The van der Waals surface area contributed by atoms with Crippen LogP contribution in [0.15, 0.2) is 0 Å². The van der Waals surface area contributed by atoms with E-state index in [0.29, 0.717) is 12.2 Å². The van der Waals surface area contributed by atoms with Crippen molar-refractivity contribution in [3.8, 4) is 12.3 Å². The highest BCUT2D eigenvalue weighted by Gasteiger charge is 2.19. The summed E-state index contributed by atoms with van der Waals surface area (Å²) in [7, 11) is 0. The van der Waals surface area contributed by atoms with Crippen LogP contribution in [-0.4, -0.2) is 5.78 Å². The number of hydrogen-bond donors (Lipinski definition) is 0. The predicted octanol–water partition coefficient (Wildman–Crippen LogP) is 2.80. The number of ketones is 1. The Morgan fingerprint density at radius 1 is 1.33 bits per heavy atom. The highest BCUT2D eigenvalue weighted by Crippen LogP contribution is 2.18. The fourth-order valence-electron chi connectivity index (χ4n) is 0.888. The largest absolute Gasteiger partial charge is 0.299 e. The van der Waals surface area contributed by atoms with Crippen molar-refractivity contribution in [3.05, 3.63) is 0 Å². The lowest BCUT2D eigenvalue weighted by atomic mass is 9.88. The van der Waals surface area contributed by atoms with E-state index in [-0.39, 0.29) is 5.41 Å². The predicted molar refractivity (Wildman–Crippen MR) is 51.8 cm³/mol. The molecule has 0 rings (SSSR count). The minimum atomic E-state index is -0.184. The summed E-state index contributed by atoms with van der Waals surface area (Å²) in [5.41, 5.74) is -0.184. The molecule has 0 aromatic carbocycles. The first-order valence-electron chi connectivity index (χ1n) is 4.45. The van der Waals surface area contributed by atoms with Crippen LogP contribution in [-0.2, 0) is 4.79 Å². The topological polar surface area (TPSA) is 17.1 Å². The van der Waals surface area contributed by atoms with Crippen molar-refractivity contribution in [2.75, 3.05) is 0 Å². The third-order valence-corrected chi connectivity index (χ3v) is 1.81. The molecule has 0 amide bonds. The van der Waals surface area contributed by atoms with Gasteiger partial charge in [0.1, 0.15) is 5.78 Å². The standard InChI is InChI=1S/C11H18O/c1-5-6-7-8-9-10(12)11(2,3)4/h1H,6-9H2,2-4H3. The van der Waals surface area contributed by atoms with Crippen molar-refractivity contribution in [2.24, 2.45) is 5.41 Å². The van der Waals surface area contributed by atoms with Gasteiger partial charge in [-0.2, -0.15) is 0 Å². The molecule has 0 aliphatic heterocycles. The van der Waals surface area contributed by atoms with E-state index in [1.807, 2.05) is 20.8 Å². The summed E-state index contributed by atoms with van der Waals surface area (Å²) in [6.07, 6.45) is 8.46. The number of Topliss-reactive ketones (excluding diaryl/α,β-unsaturated/α-hetero) is 1. The Balaban J connectivity index is 3.53. The zero-order valence-electron chi connectivity index (χ0n) is 8.31. The Labute approximate surface area is 75.5 Å². The van der Waals surface area contributed by atoms with Crippen molar-refractivity contribution < 1.29 is 4.79 Å². The van der Waals surface area contributed by atoms with Crippen LogP contribution in [0.3, 0.4) is 0 Å². The van der Waals surface area contributed by atoms with Crippen molar-refractivity contribution >= 4 is 5.78 Å². The molecule has 12 heavy (non-hydrogen) atoms. The maximum absolute atomic E-state index is 11.4. The summed E-state index contributed by atoms with van der Waals surface area (Å²) in [5, 5.41) is 0. The van der Waals surface area contributed by atoms with Gasteiger partial charge in [-0.3, -0.25) is 4.79 Å². The minimum Gasteiger partial charge on any atom is -0.299 e. The number of terminal acetylenes is 1. The Bertz CT molecular complexity index is 178. The molecule has 1 heteroatoms. The zero-order chi connectivity index (χ0) is 9.61. The van der Waals surface area contributed by atoms with Gasteiger partial charge >= 0.3 is 0 Å². The molecule has 0 saturated carbocycles. The number of hydrogen-bond acceptors (Lipinski definition) is 1. The van der Waals surface area contributed by atoms with Gasteiger partial charge in [0.2, 0.25) is 0 Å².